The van der Waals surface area contributed by atoms with Gasteiger partial charge in [0.2, 0.25) is 5.60 Å². The number of methoxy groups -OCH3 is 1. The average molecular weight is 833 g/mol. The topological polar surface area (TPSA) is 218 Å². The Labute approximate surface area is 342 Å². The molecule has 0 amide bonds. The summed E-state index contributed by atoms with van der Waals surface area (Å²) in [5, 5.41) is 45.8. The molecule has 3 rings (SSSR count). The lowest BCUT2D eigenvalue weighted by Gasteiger charge is -2.33. The van der Waals surface area contributed by atoms with Crippen LogP contribution in [-0.2, 0) is 29.7 Å². The first kappa shape index (κ1) is 48.2. The van der Waals surface area contributed by atoms with Crippen LogP contribution in [0, 0.1) is 22.7 Å². The highest BCUT2D eigenvalue weighted by molar-refractivity contribution is 7.47. The second-order valence-corrected chi connectivity index (χ2v) is 16.5. The number of anilines is 1. The van der Waals surface area contributed by atoms with Gasteiger partial charge in [0.15, 0.2) is 5.82 Å². The van der Waals surface area contributed by atoms with E-state index >= 15 is 0 Å². The number of nitrogens with two attached hydrogens (primary N) is 1. The first-order chi connectivity index (χ1) is 27.5. The molecule has 2 heterocycles. The van der Waals surface area contributed by atoms with Gasteiger partial charge in [-0.3, -0.25) is 9.05 Å². The molecule has 0 saturated heterocycles. The SMILES string of the molecule is CCCCCCCCCCCCCCCCCCC[C@H](COP(=O)(O)OCC(C#N)(OC)[C@@H](O)[C@@H](O)c1ccc2c(N)ncnn12)OCc1ccc(C#N)c(Cl)c1. The number of rotatable bonds is 31. The highest BCUT2D eigenvalue weighted by atomic mass is 35.5. The van der Waals surface area contributed by atoms with Crippen LogP contribution in [0.25, 0.3) is 5.52 Å². The normalized spacial score (nSPS) is 15.4. The quantitative estimate of drug-likeness (QED) is 0.0352. The fourth-order valence-corrected chi connectivity index (χ4v) is 7.71. The summed E-state index contributed by atoms with van der Waals surface area (Å²) in [6, 6.07) is 11.7. The molecule has 0 aliphatic carbocycles. The summed E-state index contributed by atoms with van der Waals surface area (Å²) in [5.74, 6) is 0.130. The van der Waals surface area contributed by atoms with Gasteiger partial charge in [-0.2, -0.15) is 15.6 Å². The summed E-state index contributed by atoms with van der Waals surface area (Å²) in [4.78, 5) is 14.5. The molecular weight excluding hydrogens is 771 g/mol. The monoisotopic (exact) mass is 832 g/mol. The second-order valence-electron chi connectivity index (χ2n) is 14.6. The molecule has 0 aliphatic rings. The number of ether oxygens (including phenoxy) is 2. The maximum Gasteiger partial charge on any atom is 0.472 e. The number of unbranched alkanes of at least 4 members (excludes halogenated alkanes) is 16. The van der Waals surface area contributed by atoms with Gasteiger partial charge in [0.1, 0.15) is 42.8 Å². The van der Waals surface area contributed by atoms with Crippen molar-refractivity contribution in [3.63, 3.8) is 0 Å². The van der Waals surface area contributed by atoms with E-state index < -0.39 is 38.3 Å². The molecule has 2 aromatic heterocycles. The Morgan fingerprint density at radius 3 is 2.05 bits per heavy atom. The largest absolute Gasteiger partial charge is 0.472 e. The molecule has 14 nitrogen and oxygen atoms in total. The van der Waals surface area contributed by atoms with Crippen molar-refractivity contribution in [2.24, 2.45) is 0 Å². The molecular formula is C41H62ClN6O8P. The smallest absolute Gasteiger partial charge is 0.386 e. The van der Waals surface area contributed by atoms with Crippen molar-refractivity contribution in [1.29, 1.82) is 10.5 Å². The number of hydrogen-bond donors (Lipinski definition) is 4. The summed E-state index contributed by atoms with van der Waals surface area (Å²) in [6.45, 7) is 1.13. The lowest BCUT2D eigenvalue weighted by molar-refractivity contribution is -0.134. The summed E-state index contributed by atoms with van der Waals surface area (Å²) in [5.41, 5.74) is 5.06. The molecule has 0 fully saturated rings. The molecule has 5 atom stereocenters. The minimum Gasteiger partial charge on any atom is -0.386 e. The van der Waals surface area contributed by atoms with Crippen molar-refractivity contribution in [2.75, 3.05) is 26.1 Å². The Morgan fingerprint density at radius 2 is 1.51 bits per heavy atom. The first-order valence-electron chi connectivity index (χ1n) is 20.3. The number of benzene rings is 1. The lowest BCUT2D eigenvalue weighted by atomic mass is 9.93. The number of nitrogen functional groups attached to an aromatic ring is 1. The van der Waals surface area contributed by atoms with Crippen LogP contribution in [0.3, 0.4) is 0 Å². The molecule has 0 aliphatic heterocycles. The number of aliphatic hydroxyl groups is 2. The highest BCUT2D eigenvalue weighted by Gasteiger charge is 2.46. The third-order valence-electron chi connectivity index (χ3n) is 10.3. The van der Waals surface area contributed by atoms with Crippen LogP contribution >= 0.6 is 19.4 Å². The van der Waals surface area contributed by atoms with E-state index in [1.165, 1.54) is 106 Å². The Hall–Kier alpha value is -3.14. The summed E-state index contributed by atoms with van der Waals surface area (Å²) < 4.78 is 36.3. The minimum atomic E-state index is -4.84. The zero-order chi connectivity index (χ0) is 41.5. The molecule has 0 bridgehead atoms. The second kappa shape index (κ2) is 26.1. The molecule has 1 aromatic carbocycles. The van der Waals surface area contributed by atoms with Gasteiger partial charge >= 0.3 is 7.82 Å². The van der Waals surface area contributed by atoms with Crippen LogP contribution in [0.1, 0.15) is 145 Å². The fourth-order valence-electron chi connectivity index (χ4n) is 6.68. The van der Waals surface area contributed by atoms with Gasteiger partial charge in [-0.05, 0) is 36.2 Å². The predicted molar refractivity (Wildman–Crippen MR) is 219 cm³/mol. The molecule has 0 spiro atoms. The van der Waals surface area contributed by atoms with E-state index in [0.717, 1.165) is 32.8 Å². The molecule has 16 heteroatoms. The van der Waals surface area contributed by atoms with Crippen molar-refractivity contribution in [3.8, 4) is 12.1 Å². The summed E-state index contributed by atoms with van der Waals surface area (Å²) in [6.07, 6.45) is 18.6. The molecule has 316 valence electrons. The van der Waals surface area contributed by atoms with Gasteiger partial charge in [-0.15, -0.1) is 0 Å². The van der Waals surface area contributed by atoms with E-state index in [-0.39, 0.29) is 24.7 Å². The number of hydrogen-bond acceptors (Lipinski definition) is 12. The Bertz CT molecular complexity index is 1750. The van der Waals surface area contributed by atoms with Crippen molar-refractivity contribution >= 4 is 30.8 Å². The van der Waals surface area contributed by atoms with Crippen molar-refractivity contribution in [3.05, 3.63) is 58.5 Å². The van der Waals surface area contributed by atoms with E-state index in [4.69, 9.17) is 35.9 Å². The van der Waals surface area contributed by atoms with Gasteiger partial charge in [0.05, 0.1) is 35.6 Å². The van der Waals surface area contributed by atoms with Crippen LogP contribution in [0.15, 0.2) is 36.7 Å². The van der Waals surface area contributed by atoms with Crippen LogP contribution in [-0.4, -0.2) is 67.8 Å². The summed E-state index contributed by atoms with van der Waals surface area (Å²) in [7, 11) is -3.74. The molecule has 0 radical (unpaired) electrons. The molecule has 0 saturated carbocycles. The molecule has 57 heavy (non-hydrogen) atoms. The number of phosphoric acid groups is 1. The zero-order valence-electron chi connectivity index (χ0n) is 33.6. The van der Waals surface area contributed by atoms with Gasteiger partial charge in [-0.1, -0.05) is 134 Å². The van der Waals surface area contributed by atoms with Crippen LogP contribution < -0.4 is 5.73 Å². The maximum atomic E-state index is 13.1. The number of nitrogens with zero attached hydrogens (tertiary/aromatic N) is 5. The van der Waals surface area contributed by atoms with E-state index in [2.05, 4.69) is 17.0 Å². The van der Waals surface area contributed by atoms with Crippen LogP contribution in [0.5, 0.6) is 0 Å². The minimum absolute atomic E-state index is 0.0691. The van der Waals surface area contributed by atoms with Crippen molar-refractivity contribution < 1.29 is 38.2 Å². The average Bonchev–Trinajstić information content (AvgIpc) is 3.65. The summed E-state index contributed by atoms with van der Waals surface area (Å²) >= 11 is 6.21. The zero-order valence-corrected chi connectivity index (χ0v) is 35.2. The lowest BCUT2D eigenvalue weighted by Crippen LogP contribution is -2.50. The van der Waals surface area contributed by atoms with Crippen LogP contribution in [0.2, 0.25) is 5.02 Å². The number of halogens is 1. The fraction of sp³-hybridized carbons (Fsp3) is 0.659. The van der Waals surface area contributed by atoms with Crippen LogP contribution in [0.4, 0.5) is 5.82 Å². The third kappa shape index (κ3) is 16.2. The number of aliphatic hydroxyl groups excluding tert-OH is 2. The number of nitriles is 2. The molecule has 2 unspecified atom stereocenters. The van der Waals surface area contributed by atoms with Crippen molar-refractivity contribution in [1.82, 2.24) is 14.6 Å². The van der Waals surface area contributed by atoms with Crippen molar-refractivity contribution in [2.45, 2.75) is 153 Å². The van der Waals surface area contributed by atoms with E-state index in [9.17, 15) is 30.2 Å². The van der Waals surface area contributed by atoms with E-state index in [0.29, 0.717) is 28.1 Å². The van der Waals surface area contributed by atoms with Gasteiger partial charge in [0, 0.05) is 7.11 Å². The first-order valence-corrected chi connectivity index (χ1v) is 22.2. The Balaban J connectivity index is 1.47. The van der Waals surface area contributed by atoms with Gasteiger partial charge in [0.25, 0.3) is 0 Å². The Kier molecular flexibility index (Phi) is 22.1. The number of aromatic nitrogens is 3. The number of fused-ring (bicyclic) bond motifs is 1. The molecule has 3 aromatic rings. The Morgan fingerprint density at radius 1 is 0.912 bits per heavy atom. The van der Waals surface area contributed by atoms with E-state index in [1.807, 2.05) is 6.07 Å². The third-order valence-corrected chi connectivity index (χ3v) is 11.5. The maximum absolute atomic E-state index is 13.1. The standard InChI is InChI=1S/C41H62ClN6O8P/c1-3-4-5-6-7-8-9-10-11-12-13-14-15-16-17-18-19-20-34(54-27-32-21-22-33(26-43)35(42)25-32)28-55-57(51,52)56-30-41(29-44,53-2)39(50)38(49)36-23-24-37-40(45)46-31-47-48(36)37/h21-25,31,34,38-39,49-50H,3-20,27-28,30H2,1-2H3,(H,51,52)(H2,45,46,47)/t34-,38+,39+,41?/m1/s1. The highest BCUT2D eigenvalue weighted by Crippen LogP contribution is 2.45. The van der Waals surface area contributed by atoms with E-state index in [1.54, 1.807) is 24.3 Å². The predicted octanol–water partition coefficient (Wildman–Crippen LogP) is 8.90. The van der Waals surface area contributed by atoms with Gasteiger partial charge < -0.3 is 30.3 Å². The van der Waals surface area contributed by atoms with Gasteiger partial charge in [-0.25, -0.2) is 14.1 Å². The number of phosphoric ester groups is 1. The molecule has 5 N–H and O–H groups in total.